The number of aromatic nitrogens is 1. The summed E-state index contributed by atoms with van der Waals surface area (Å²) < 4.78 is 10.8. The number of rotatable bonds is 7. The summed E-state index contributed by atoms with van der Waals surface area (Å²) in [6.07, 6.45) is -1.86. The SMILES string of the molecule is CC(=O)c1c(C)[nH]c(C(=O)C(C)OC(=O)C(C)Oc2ccc(C)cc2)c1C. The molecule has 0 saturated carbocycles. The van der Waals surface area contributed by atoms with E-state index in [0.717, 1.165) is 5.56 Å². The number of esters is 1. The van der Waals surface area contributed by atoms with Crippen LogP contribution in [0.15, 0.2) is 24.3 Å². The Labute approximate surface area is 158 Å². The molecule has 0 bridgehead atoms. The fourth-order valence-corrected chi connectivity index (χ4v) is 2.92. The summed E-state index contributed by atoms with van der Waals surface area (Å²) in [6, 6.07) is 7.29. The summed E-state index contributed by atoms with van der Waals surface area (Å²) >= 11 is 0. The number of aryl methyl sites for hydroxylation is 2. The molecule has 1 N–H and O–H groups in total. The third-order valence-electron chi connectivity index (χ3n) is 4.36. The lowest BCUT2D eigenvalue weighted by molar-refractivity contribution is -0.153. The first-order chi connectivity index (χ1) is 12.6. The Bertz CT molecular complexity index is 863. The molecule has 2 unspecified atom stereocenters. The van der Waals surface area contributed by atoms with Crippen molar-refractivity contribution in [3.05, 3.63) is 52.3 Å². The van der Waals surface area contributed by atoms with Gasteiger partial charge in [0.15, 0.2) is 18.0 Å². The maximum atomic E-state index is 12.6. The molecule has 0 spiro atoms. The van der Waals surface area contributed by atoms with Crippen LogP contribution in [-0.2, 0) is 9.53 Å². The molecular weight excluding hydrogens is 346 g/mol. The number of ether oxygens (including phenoxy) is 2. The van der Waals surface area contributed by atoms with Gasteiger partial charge in [0.2, 0.25) is 5.78 Å². The number of ketones is 2. The largest absolute Gasteiger partial charge is 0.479 e. The van der Waals surface area contributed by atoms with Gasteiger partial charge in [-0.2, -0.15) is 0 Å². The van der Waals surface area contributed by atoms with Crippen molar-refractivity contribution >= 4 is 17.5 Å². The average Bonchev–Trinajstić information content (AvgIpc) is 2.90. The lowest BCUT2D eigenvalue weighted by Gasteiger charge is -2.17. The van der Waals surface area contributed by atoms with E-state index in [-0.39, 0.29) is 17.3 Å². The highest BCUT2D eigenvalue weighted by Gasteiger charge is 2.28. The van der Waals surface area contributed by atoms with Gasteiger partial charge in [0.05, 0.1) is 5.69 Å². The quantitative estimate of drug-likeness (QED) is 0.592. The van der Waals surface area contributed by atoms with Crippen LogP contribution in [0.5, 0.6) is 5.75 Å². The van der Waals surface area contributed by atoms with Crippen LogP contribution in [-0.4, -0.2) is 34.7 Å². The Morgan fingerprint density at radius 2 is 1.56 bits per heavy atom. The van der Waals surface area contributed by atoms with Crippen molar-refractivity contribution in [3.63, 3.8) is 0 Å². The maximum absolute atomic E-state index is 12.6. The van der Waals surface area contributed by atoms with Gasteiger partial charge in [-0.3, -0.25) is 9.59 Å². The first kappa shape index (κ1) is 20.4. The van der Waals surface area contributed by atoms with E-state index in [9.17, 15) is 14.4 Å². The van der Waals surface area contributed by atoms with E-state index in [2.05, 4.69) is 4.98 Å². The van der Waals surface area contributed by atoms with Crippen molar-refractivity contribution in [2.45, 2.75) is 53.8 Å². The van der Waals surface area contributed by atoms with Crippen LogP contribution in [0.25, 0.3) is 0 Å². The van der Waals surface area contributed by atoms with Gasteiger partial charge in [-0.15, -0.1) is 0 Å². The Morgan fingerprint density at radius 1 is 0.963 bits per heavy atom. The van der Waals surface area contributed by atoms with E-state index >= 15 is 0 Å². The van der Waals surface area contributed by atoms with Gasteiger partial charge in [0.25, 0.3) is 0 Å². The highest BCUT2D eigenvalue weighted by molar-refractivity contribution is 6.05. The fraction of sp³-hybridized carbons (Fsp3) is 0.381. The minimum absolute atomic E-state index is 0.120. The molecule has 1 aromatic heterocycles. The third-order valence-corrected chi connectivity index (χ3v) is 4.36. The number of carbonyl (C=O) groups excluding carboxylic acids is 3. The summed E-state index contributed by atoms with van der Waals surface area (Å²) in [5.74, 6) is -0.598. The van der Waals surface area contributed by atoms with Crippen molar-refractivity contribution in [3.8, 4) is 5.75 Å². The summed E-state index contributed by atoms with van der Waals surface area (Å²) in [5.41, 5.74) is 3.05. The van der Waals surface area contributed by atoms with Crippen LogP contribution in [0.4, 0.5) is 0 Å². The Morgan fingerprint density at radius 3 is 2.07 bits per heavy atom. The van der Waals surface area contributed by atoms with Crippen molar-refractivity contribution in [1.82, 2.24) is 4.98 Å². The second kappa shape index (κ2) is 8.20. The van der Waals surface area contributed by atoms with Gasteiger partial charge < -0.3 is 14.5 Å². The smallest absolute Gasteiger partial charge is 0.347 e. The molecule has 0 fully saturated rings. The third kappa shape index (κ3) is 4.64. The highest BCUT2D eigenvalue weighted by Crippen LogP contribution is 2.21. The molecule has 1 aromatic carbocycles. The number of nitrogens with one attached hydrogen (secondary N) is 1. The van der Waals surface area contributed by atoms with Crippen molar-refractivity contribution in [1.29, 1.82) is 0 Å². The highest BCUT2D eigenvalue weighted by atomic mass is 16.6. The summed E-state index contributed by atoms with van der Waals surface area (Å²) in [7, 11) is 0. The van der Waals surface area contributed by atoms with Gasteiger partial charge in [0.1, 0.15) is 5.75 Å². The number of benzene rings is 1. The molecule has 0 radical (unpaired) electrons. The van der Waals surface area contributed by atoms with E-state index in [1.807, 2.05) is 19.1 Å². The van der Waals surface area contributed by atoms with Crippen molar-refractivity contribution in [2.75, 3.05) is 0 Å². The molecule has 2 rings (SSSR count). The van der Waals surface area contributed by atoms with Crippen molar-refractivity contribution in [2.24, 2.45) is 0 Å². The van der Waals surface area contributed by atoms with Gasteiger partial charge in [-0.25, -0.2) is 4.79 Å². The predicted octanol–water partition coefficient (Wildman–Crippen LogP) is 3.72. The predicted molar refractivity (Wildman–Crippen MR) is 101 cm³/mol. The van der Waals surface area contributed by atoms with E-state index in [1.54, 1.807) is 32.9 Å². The number of hydrogen-bond acceptors (Lipinski definition) is 5. The number of carbonyl (C=O) groups is 3. The summed E-state index contributed by atoms with van der Waals surface area (Å²) in [4.78, 5) is 39.6. The monoisotopic (exact) mass is 371 g/mol. The van der Waals surface area contributed by atoms with Crippen LogP contribution in [0.1, 0.15) is 58.4 Å². The van der Waals surface area contributed by atoms with Gasteiger partial charge in [-0.1, -0.05) is 17.7 Å². The summed E-state index contributed by atoms with van der Waals surface area (Å²) in [6.45, 7) is 9.90. The van der Waals surface area contributed by atoms with Crippen LogP contribution >= 0.6 is 0 Å². The molecule has 0 aliphatic rings. The van der Waals surface area contributed by atoms with Gasteiger partial charge >= 0.3 is 5.97 Å². The Kier molecular flexibility index (Phi) is 6.20. The minimum atomic E-state index is -1.00. The van der Waals surface area contributed by atoms with E-state index in [0.29, 0.717) is 22.6 Å². The van der Waals surface area contributed by atoms with Gasteiger partial charge in [-0.05, 0) is 59.2 Å². The normalized spacial score (nSPS) is 13.0. The fourth-order valence-electron chi connectivity index (χ4n) is 2.92. The topological polar surface area (TPSA) is 85.5 Å². The number of aromatic amines is 1. The maximum Gasteiger partial charge on any atom is 0.347 e. The van der Waals surface area contributed by atoms with Crippen LogP contribution in [0, 0.1) is 20.8 Å². The molecule has 1 heterocycles. The van der Waals surface area contributed by atoms with Crippen LogP contribution in [0.2, 0.25) is 0 Å². The molecule has 2 atom stereocenters. The molecule has 0 saturated heterocycles. The average molecular weight is 371 g/mol. The lowest BCUT2D eigenvalue weighted by Crippen LogP contribution is -2.33. The van der Waals surface area contributed by atoms with E-state index in [1.165, 1.54) is 13.8 Å². The van der Waals surface area contributed by atoms with E-state index in [4.69, 9.17) is 9.47 Å². The molecule has 6 heteroatoms. The zero-order valence-electron chi connectivity index (χ0n) is 16.5. The molecule has 0 aliphatic carbocycles. The Hall–Kier alpha value is -2.89. The van der Waals surface area contributed by atoms with E-state index < -0.39 is 18.2 Å². The molecule has 27 heavy (non-hydrogen) atoms. The summed E-state index contributed by atoms with van der Waals surface area (Å²) in [5, 5.41) is 0. The number of H-pyrrole nitrogens is 1. The number of hydrogen-bond donors (Lipinski definition) is 1. The standard InChI is InChI=1S/C21H25NO5/c1-11-7-9-17(10-8-11)26-16(6)21(25)27-15(5)20(24)19-12(2)18(14(4)23)13(3)22-19/h7-10,15-16,22H,1-6H3. The molecular formula is C21H25NO5. The first-order valence-electron chi connectivity index (χ1n) is 8.80. The molecule has 0 aliphatic heterocycles. The van der Waals surface area contributed by atoms with Gasteiger partial charge in [0, 0.05) is 11.3 Å². The molecule has 2 aromatic rings. The second-order valence-electron chi connectivity index (χ2n) is 6.70. The zero-order chi connectivity index (χ0) is 20.3. The lowest BCUT2D eigenvalue weighted by atomic mass is 10.0. The van der Waals surface area contributed by atoms with Crippen LogP contribution < -0.4 is 4.74 Å². The first-order valence-corrected chi connectivity index (χ1v) is 8.80. The van der Waals surface area contributed by atoms with Crippen LogP contribution in [0.3, 0.4) is 0 Å². The Balaban J connectivity index is 2.05. The molecule has 0 amide bonds. The minimum Gasteiger partial charge on any atom is -0.479 e. The second-order valence-corrected chi connectivity index (χ2v) is 6.70. The molecule has 6 nitrogen and oxygen atoms in total. The molecule has 144 valence electrons. The number of Topliss-reactive ketones (excluding diaryl/α,β-unsaturated/α-hetero) is 2. The zero-order valence-corrected chi connectivity index (χ0v) is 16.5. The van der Waals surface area contributed by atoms with Crippen molar-refractivity contribution < 1.29 is 23.9 Å².